The molecule has 6 nitrogen and oxygen atoms in total. The highest BCUT2D eigenvalue weighted by Crippen LogP contribution is 2.39. The predicted molar refractivity (Wildman–Crippen MR) is 220 cm³/mol. The molecule has 6 heteroatoms. The van der Waals surface area contributed by atoms with Gasteiger partial charge in [0.25, 0.3) is 0 Å². The van der Waals surface area contributed by atoms with Gasteiger partial charge in [0, 0.05) is 67.4 Å². The summed E-state index contributed by atoms with van der Waals surface area (Å²) in [7, 11) is 0. The minimum absolute atomic E-state index is 0.675. The average molecular weight is 691 g/mol. The molecule has 0 bridgehead atoms. The molecule has 4 heterocycles. The van der Waals surface area contributed by atoms with Crippen molar-refractivity contribution in [2.75, 3.05) is 0 Å². The van der Waals surface area contributed by atoms with Gasteiger partial charge < -0.3 is 9.13 Å². The third kappa shape index (κ3) is 4.81. The molecule has 0 aliphatic rings. The molecule has 0 atom stereocenters. The fraction of sp³-hybridized carbons (Fsp3) is 0. The van der Waals surface area contributed by atoms with E-state index in [1.54, 1.807) is 0 Å². The molecule has 0 aliphatic carbocycles. The highest BCUT2D eigenvalue weighted by molar-refractivity contribution is 6.18. The van der Waals surface area contributed by atoms with Gasteiger partial charge in [0.1, 0.15) is 0 Å². The quantitative estimate of drug-likeness (QED) is 0.180. The van der Waals surface area contributed by atoms with E-state index >= 15 is 0 Å². The number of fused-ring (bicyclic) bond motifs is 7. The van der Waals surface area contributed by atoms with E-state index in [9.17, 15) is 0 Å². The first kappa shape index (κ1) is 30.2. The van der Waals surface area contributed by atoms with Crippen LogP contribution in [0.5, 0.6) is 0 Å². The van der Waals surface area contributed by atoms with Crippen LogP contribution in [-0.2, 0) is 0 Å². The van der Waals surface area contributed by atoms with Crippen LogP contribution in [0.15, 0.2) is 182 Å². The molecule has 0 fully saturated rings. The zero-order valence-corrected chi connectivity index (χ0v) is 29.0. The second kappa shape index (κ2) is 12.1. The molecule has 0 radical (unpaired) electrons. The van der Waals surface area contributed by atoms with Gasteiger partial charge >= 0.3 is 0 Å². The monoisotopic (exact) mass is 690 g/mol. The van der Waals surface area contributed by atoms with E-state index in [0.29, 0.717) is 11.6 Å². The van der Waals surface area contributed by atoms with Gasteiger partial charge in [0.15, 0.2) is 11.6 Å². The van der Waals surface area contributed by atoms with Gasteiger partial charge in [0.2, 0.25) is 0 Å². The van der Waals surface area contributed by atoms with E-state index in [1.165, 1.54) is 21.7 Å². The van der Waals surface area contributed by atoms with Crippen LogP contribution >= 0.6 is 0 Å². The summed E-state index contributed by atoms with van der Waals surface area (Å²) in [5, 5.41) is 5.65. The maximum Gasteiger partial charge on any atom is 0.160 e. The number of para-hydroxylation sites is 4. The minimum atomic E-state index is 0.675. The first-order chi connectivity index (χ1) is 26.8. The highest BCUT2D eigenvalue weighted by atomic mass is 15.0. The van der Waals surface area contributed by atoms with E-state index in [1.807, 2.05) is 42.6 Å². The lowest BCUT2D eigenvalue weighted by atomic mass is 10.0. The van der Waals surface area contributed by atoms with Crippen LogP contribution in [0.4, 0.5) is 0 Å². The van der Waals surface area contributed by atoms with Crippen molar-refractivity contribution in [1.82, 2.24) is 29.1 Å². The maximum atomic E-state index is 5.26. The second-order valence-corrected chi connectivity index (χ2v) is 13.6. The molecule has 0 spiro atoms. The van der Waals surface area contributed by atoms with E-state index in [4.69, 9.17) is 15.0 Å². The molecule has 0 N–H and O–H groups in total. The predicted octanol–water partition coefficient (Wildman–Crippen LogP) is 11.6. The summed E-state index contributed by atoms with van der Waals surface area (Å²) >= 11 is 0. The van der Waals surface area contributed by atoms with E-state index in [0.717, 1.165) is 66.6 Å². The summed E-state index contributed by atoms with van der Waals surface area (Å²) in [6.07, 6.45) is 4.05. The molecule has 11 rings (SSSR count). The van der Waals surface area contributed by atoms with Crippen molar-refractivity contribution in [3.63, 3.8) is 0 Å². The highest BCUT2D eigenvalue weighted by Gasteiger charge is 2.18. The molecule has 0 saturated heterocycles. The van der Waals surface area contributed by atoms with Crippen molar-refractivity contribution in [2.24, 2.45) is 0 Å². The Morgan fingerprint density at radius 2 is 1.13 bits per heavy atom. The fourth-order valence-electron chi connectivity index (χ4n) is 7.86. The first-order valence-electron chi connectivity index (χ1n) is 18.1. The Bertz CT molecular complexity index is 3210. The molecule has 0 amide bonds. The smallest absolute Gasteiger partial charge is 0.160 e. The Hall–Kier alpha value is -7.44. The Morgan fingerprint density at radius 1 is 0.407 bits per heavy atom. The van der Waals surface area contributed by atoms with Crippen molar-refractivity contribution in [1.29, 1.82) is 0 Å². The summed E-state index contributed by atoms with van der Waals surface area (Å²) in [5.41, 5.74) is 11.3. The lowest BCUT2D eigenvalue weighted by Crippen LogP contribution is -1.98. The number of aromatic nitrogens is 6. The van der Waals surface area contributed by atoms with Crippen LogP contribution in [0, 0.1) is 0 Å². The minimum Gasteiger partial charge on any atom is -0.316 e. The number of benzene rings is 7. The standard InChI is InChI=1S/C48H30N6/c1-2-13-35(14-3-1)53-28-27-40-43(53)26-25-38-37-16-6-9-20-44(37)54(46(38)40)36-15-10-12-33(29-36)48-51-42-19-8-5-17-39(42)45(52-48)31-21-23-32(24-22-31)47-49-30-34-11-4-7-18-41(34)50-47/h1-30H. The average Bonchev–Trinajstić information content (AvgIpc) is 3.83. The van der Waals surface area contributed by atoms with Gasteiger partial charge in [0.05, 0.1) is 33.3 Å². The Kier molecular flexibility index (Phi) is 6.75. The van der Waals surface area contributed by atoms with Crippen molar-refractivity contribution >= 4 is 54.5 Å². The fourth-order valence-corrected chi connectivity index (χ4v) is 7.86. The van der Waals surface area contributed by atoms with Crippen LogP contribution in [-0.4, -0.2) is 29.1 Å². The van der Waals surface area contributed by atoms with E-state index in [-0.39, 0.29) is 0 Å². The molecule has 252 valence electrons. The summed E-state index contributed by atoms with van der Waals surface area (Å²) < 4.78 is 4.65. The number of nitrogens with zero attached hydrogens (tertiary/aromatic N) is 6. The van der Waals surface area contributed by atoms with E-state index in [2.05, 4.69) is 154 Å². The second-order valence-electron chi connectivity index (χ2n) is 13.6. The number of hydrogen-bond donors (Lipinski definition) is 0. The summed E-state index contributed by atoms with van der Waals surface area (Å²) in [5.74, 6) is 1.37. The van der Waals surface area contributed by atoms with Gasteiger partial charge in [-0.1, -0.05) is 115 Å². The molecule has 0 saturated carbocycles. The van der Waals surface area contributed by atoms with Gasteiger partial charge in [-0.25, -0.2) is 19.9 Å². The first-order valence-corrected chi connectivity index (χ1v) is 18.1. The van der Waals surface area contributed by atoms with Crippen LogP contribution in [0.1, 0.15) is 0 Å². The van der Waals surface area contributed by atoms with E-state index < -0.39 is 0 Å². The van der Waals surface area contributed by atoms with Crippen molar-refractivity contribution in [3.05, 3.63) is 182 Å². The molecule has 11 aromatic rings. The molecular weight excluding hydrogens is 661 g/mol. The molecular formula is C48H30N6. The Morgan fingerprint density at radius 3 is 2.02 bits per heavy atom. The van der Waals surface area contributed by atoms with Gasteiger partial charge in [-0.3, -0.25) is 0 Å². The molecule has 54 heavy (non-hydrogen) atoms. The third-order valence-corrected chi connectivity index (χ3v) is 10.4. The molecule has 7 aromatic carbocycles. The topological polar surface area (TPSA) is 61.4 Å². The lowest BCUT2D eigenvalue weighted by molar-refractivity contribution is 1.13. The SMILES string of the molecule is c1ccc(-n2ccc3c2ccc2c4ccccc4n(-c4cccc(-c5nc(-c6ccc(-c7ncc8ccccc8n7)cc6)c6ccccc6n5)c4)c23)cc1. The lowest BCUT2D eigenvalue weighted by Gasteiger charge is -2.13. The van der Waals surface area contributed by atoms with Crippen LogP contribution in [0.2, 0.25) is 0 Å². The van der Waals surface area contributed by atoms with Gasteiger partial charge in [-0.15, -0.1) is 0 Å². The summed E-state index contributed by atoms with van der Waals surface area (Å²) in [4.78, 5) is 19.8. The normalized spacial score (nSPS) is 11.7. The third-order valence-electron chi connectivity index (χ3n) is 10.4. The summed E-state index contributed by atoms with van der Waals surface area (Å²) in [6.45, 7) is 0. The summed E-state index contributed by atoms with van der Waals surface area (Å²) in [6, 6.07) is 59.2. The van der Waals surface area contributed by atoms with Crippen molar-refractivity contribution < 1.29 is 0 Å². The van der Waals surface area contributed by atoms with Crippen LogP contribution < -0.4 is 0 Å². The van der Waals surface area contributed by atoms with Crippen molar-refractivity contribution in [2.45, 2.75) is 0 Å². The Balaban J connectivity index is 1.05. The Labute approximate surface area is 310 Å². The molecule has 4 aromatic heterocycles. The zero-order valence-electron chi connectivity index (χ0n) is 29.0. The zero-order chi connectivity index (χ0) is 35.6. The van der Waals surface area contributed by atoms with Crippen LogP contribution in [0.3, 0.4) is 0 Å². The largest absolute Gasteiger partial charge is 0.316 e. The van der Waals surface area contributed by atoms with Crippen LogP contribution in [0.25, 0.3) is 99.9 Å². The maximum absolute atomic E-state index is 5.26. The molecule has 0 aliphatic heterocycles. The number of hydrogen-bond acceptors (Lipinski definition) is 4. The number of rotatable bonds is 5. The molecule has 0 unspecified atom stereocenters. The van der Waals surface area contributed by atoms with Crippen molar-refractivity contribution in [3.8, 4) is 45.4 Å². The van der Waals surface area contributed by atoms with Gasteiger partial charge in [-0.05, 0) is 54.6 Å². The van der Waals surface area contributed by atoms with Gasteiger partial charge in [-0.2, -0.15) is 0 Å².